The molecule has 3 aromatic rings. The Morgan fingerprint density at radius 1 is 1.03 bits per heavy atom. The highest BCUT2D eigenvalue weighted by molar-refractivity contribution is 5.93. The summed E-state index contributed by atoms with van der Waals surface area (Å²) >= 11 is 0. The van der Waals surface area contributed by atoms with E-state index in [9.17, 15) is 30.0 Å². The molecule has 2 heterocycles. The average molecular weight is 412 g/mol. The molecule has 0 aliphatic carbocycles. The van der Waals surface area contributed by atoms with Crippen LogP contribution in [0.1, 0.15) is 38.2 Å². The number of benzene rings is 2. The van der Waals surface area contributed by atoms with Gasteiger partial charge in [0.25, 0.3) is 0 Å². The SMILES string of the molecule is CC(C)CC1CC(=O)Oc2cc(O)c3c(=O)c(O)c(-c4ccc(O)c(O)c4)oc3c21. The fraction of sp³-hybridized carbons (Fsp3) is 0.273. The smallest absolute Gasteiger partial charge is 0.311 e. The molecule has 0 amide bonds. The van der Waals surface area contributed by atoms with Crippen molar-refractivity contribution in [2.75, 3.05) is 0 Å². The summed E-state index contributed by atoms with van der Waals surface area (Å²) in [5.41, 5.74) is -0.239. The molecule has 8 heteroatoms. The summed E-state index contributed by atoms with van der Waals surface area (Å²) in [6.07, 6.45) is 0.701. The molecule has 1 aliphatic rings. The number of rotatable bonds is 3. The first kappa shape index (κ1) is 19.6. The van der Waals surface area contributed by atoms with Crippen LogP contribution in [0.15, 0.2) is 33.5 Å². The predicted molar refractivity (Wildman–Crippen MR) is 107 cm³/mol. The summed E-state index contributed by atoms with van der Waals surface area (Å²) in [4.78, 5) is 24.9. The quantitative estimate of drug-likeness (QED) is 0.290. The van der Waals surface area contributed by atoms with E-state index in [1.807, 2.05) is 13.8 Å². The summed E-state index contributed by atoms with van der Waals surface area (Å²) in [5, 5.41) is 40.0. The second-order valence-electron chi connectivity index (χ2n) is 7.83. The maximum atomic E-state index is 12.9. The van der Waals surface area contributed by atoms with Crippen molar-refractivity contribution in [3.05, 3.63) is 40.1 Å². The van der Waals surface area contributed by atoms with E-state index < -0.39 is 28.6 Å². The molecule has 1 aromatic heterocycles. The van der Waals surface area contributed by atoms with Gasteiger partial charge in [0, 0.05) is 23.1 Å². The molecule has 0 saturated heterocycles. The van der Waals surface area contributed by atoms with Crippen LogP contribution in [-0.4, -0.2) is 26.4 Å². The molecule has 30 heavy (non-hydrogen) atoms. The summed E-state index contributed by atoms with van der Waals surface area (Å²) in [6.45, 7) is 3.99. The average Bonchev–Trinajstić information content (AvgIpc) is 2.65. The monoisotopic (exact) mass is 412 g/mol. The lowest BCUT2D eigenvalue weighted by molar-refractivity contribution is -0.136. The van der Waals surface area contributed by atoms with Crippen LogP contribution >= 0.6 is 0 Å². The van der Waals surface area contributed by atoms with E-state index in [-0.39, 0.29) is 52.0 Å². The first-order valence-electron chi connectivity index (χ1n) is 9.46. The number of hydrogen-bond donors (Lipinski definition) is 4. The molecule has 2 aromatic carbocycles. The highest BCUT2D eigenvalue weighted by Gasteiger charge is 2.33. The van der Waals surface area contributed by atoms with Gasteiger partial charge in [-0.25, -0.2) is 0 Å². The number of phenols is 3. The predicted octanol–water partition coefficient (Wildman–Crippen LogP) is 3.72. The lowest BCUT2D eigenvalue weighted by Gasteiger charge is -2.26. The first-order valence-corrected chi connectivity index (χ1v) is 9.46. The summed E-state index contributed by atoms with van der Waals surface area (Å²) in [5.74, 6) is -2.72. The van der Waals surface area contributed by atoms with Crippen molar-refractivity contribution in [2.45, 2.75) is 32.6 Å². The van der Waals surface area contributed by atoms with Gasteiger partial charge in [-0.05, 0) is 30.5 Å². The van der Waals surface area contributed by atoms with Gasteiger partial charge in [0.1, 0.15) is 22.5 Å². The minimum Gasteiger partial charge on any atom is -0.507 e. The molecule has 4 N–H and O–H groups in total. The molecule has 0 saturated carbocycles. The Kier molecular flexibility index (Phi) is 4.57. The number of esters is 1. The van der Waals surface area contributed by atoms with Crippen LogP contribution in [0.3, 0.4) is 0 Å². The summed E-state index contributed by atoms with van der Waals surface area (Å²) in [6, 6.07) is 4.87. The standard InChI is InChI=1S/C22H20O8/c1-9(2)5-11-7-16(26)29-15-8-14(25)18-19(27)20(28)21(30-22(18)17(11)15)10-3-4-12(23)13(24)6-10/h3-4,6,8-9,11,23-25,28H,5,7H2,1-2H3. The molecule has 156 valence electrons. The number of carbonyl (C=O) groups is 1. The number of carbonyl (C=O) groups excluding carboxylic acids is 1. The minimum atomic E-state index is -0.862. The van der Waals surface area contributed by atoms with E-state index >= 15 is 0 Å². The van der Waals surface area contributed by atoms with Gasteiger partial charge in [-0.2, -0.15) is 0 Å². The first-order chi connectivity index (χ1) is 14.2. The van der Waals surface area contributed by atoms with Crippen molar-refractivity contribution in [3.8, 4) is 40.1 Å². The summed E-state index contributed by atoms with van der Waals surface area (Å²) in [7, 11) is 0. The van der Waals surface area contributed by atoms with Crippen LogP contribution in [-0.2, 0) is 4.79 Å². The zero-order valence-corrected chi connectivity index (χ0v) is 16.3. The second kappa shape index (κ2) is 6.98. The van der Waals surface area contributed by atoms with Crippen LogP contribution in [0.2, 0.25) is 0 Å². The van der Waals surface area contributed by atoms with E-state index in [0.29, 0.717) is 12.0 Å². The molecule has 8 nitrogen and oxygen atoms in total. The van der Waals surface area contributed by atoms with E-state index in [1.165, 1.54) is 18.2 Å². The largest absolute Gasteiger partial charge is 0.507 e. The fourth-order valence-corrected chi connectivity index (χ4v) is 3.90. The number of hydrogen-bond acceptors (Lipinski definition) is 8. The molecule has 0 bridgehead atoms. The Morgan fingerprint density at radius 2 is 1.77 bits per heavy atom. The second-order valence-corrected chi connectivity index (χ2v) is 7.83. The van der Waals surface area contributed by atoms with Crippen LogP contribution < -0.4 is 10.2 Å². The van der Waals surface area contributed by atoms with E-state index in [4.69, 9.17) is 9.15 Å². The molecular weight excluding hydrogens is 392 g/mol. The van der Waals surface area contributed by atoms with Gasteiger partial charge >= 0.3 is 5.97 Å². The van der Waals surface area contributed by atoms with Crippen molar-refractivity contribution in [3.63, 3.8) is 0 Å². The van der Waals surface area contributed by atoms with Crippen molar-refractivity contribution in [2.24, 2.45) is 5.92 Å². The zero-order valence-electron chi connectivity index (χ0n) is 16.3. The Bertz CT molecular complexity index is 1240. The number of ether oxygens (including phenoxy) is 1. The molecular formula is C22H20O8. The van der Waals surface area contributed by atoms with Crippen LogP contribution in [0.25, 0.3) is 22.3 Å². The lowest BCUT2D eigenvalue weighted by atomic mass is 9.84. The minimum absolute atomic E-state index is 0.00788. The molecule has 1 atom stereocenters. The lowest BCUT2D eigenvalue weighted by Crippen LogP contribution is -2.22. The number of aromatic hydroxyl groups is 4. The highest BCUT2D eigenvalue weighted by atomic mass is 16.5. The van der Waals surface area contributed by atoms with E-state index in [1.54, 1.807) is 0 Å². The third kappa shape index (κ3) is 3.10. The Balaban J connectivity index is 2.06. The normalized spacial score (nSPS) is 16.0. The number of fused-ring (bicyclic) bond motifs is 3. The van der Waals surface area contributed by atoms with Gasteiger partial charge in [-0.15, -0.1) is 0 Å². The van der Waals surface area contributed by atoms with Crippen molar-refractivity contribution >= 4 is 16.9 Å². The highest BCUT2D eigenvalue weighted by Crippen LogP contribution is 2.46. The molecule has 0 fully saturated rings. The van der Waals surface area contributed by atoms with Gasteiger partial charge in [0.2, 0.25) is 11.2 Å². The van der Waals surface area contributed by atoms with Crippen LogP contribution in [0.5, 0.6) is 28.7 Å². The zero-order chi connectivity index (χ0) is 21.7. The van der Waals surface area contributed by atoms with Crippen molar-refractivity contribution < 1.29 is 34.4 Å². The maximum Gasteiger partial charge on any atom is 0.311 e. The Morgan fingerprint density at radius 3 is 2.43 bits per heavy atom. The van der Waals surface area contributed by atoms with Crippen molar-refractivity contribution in [1.82, 2.24) is 0 Å². The molecule has 0 radical (unpaired) electrons. The van der Waals surface area contributed by atoms with Gasteiger partial charge in [0.05, 0.1) is 6.42 Å². The third-order valence-electron chi connectivity index (χ3n) is 5.16. The Labute approximate surface area is 170 Å². The van der Waals surface area contributed by atoms with Crippen LogP contribution in [0.4, 0.5) is 0 Å². The van der Waals surface area contributed by atoms with Crippen molar-refractivity contribution in [1.29, 1.82) is 0 Å². The van der Waals surface area contributed by atoms with Crippen LogP contribution in [0, 0.1) is 5.92 Å². The van der Waals surface area contributed by atoms with E-state index in [2.05, 4.69) is 0 Å². The summed E-state index contributed by atoms with van der Waals surface area (Å²) < 4.78 is 11.2. The molecule has 0 spiro atoms. The fourth-order valence-electron chi connectivity index (χ4n) is 3.90. The van der Waals surface area contributed by atoms with Gasteiger partial charge in [-0.3, -0.25) is 9.59 Å². The molecule has 4 rings (SSSR count). The van der Waals surface area contributed by atoms with Gasteiger partial charge < -0.3 is 29.6 Å². The topological polar surface area (TPSA) is 137 Å². The van der Waals surface area contributed by atoms with E-state index in [0.717, 1.165) is 6.07 Å². The number of phenolic OH excluding ortho intramolecular Hbond substituents is 3. The van der Waals surface area contributed by atoms with Gasteiger partial charge in [0.15, 0.2) is 17.3 Å². The molecule has 1 aliphatic heterocycles. The Hall–Kier alpha value is -3.68. The van der Waals surface area contributed by atoms with Gasteiger partial charge in [-0.1, -0.05) is 13.8 Å². The maximum absolute atomic E-state index is 12.9. The molecule has 1 unspecified atom stereocenters. The third-order valence-corrected chi connectivity index (χ3v) is 5.16.